The lowest BCUT2D eigenvalue weighted by atomic mass is 10.1. The second kappa shape index (κ2) is 8.75. The van der Waals surface area contributed by atoms with Gasteiger partial charge in [-0.25, -0.2) is 0 Å². The predicted octanol–water partition coefficient (Wildman–Crippen LogP) is 3.18. The average molecular weight is 426 g/mol. The van der Waals surface area contributed by atoms with Gasteiger partial charge in [-0.2, -0.15) is 0 Å². The topological polar surface area (TPSA) is 78.2 Å². The van der Waals surface area contributed by atoms with E-state index in [0.29, 0.717) is 21.7 Å². The number of furan rings is 1. The molecule has 1 heterocycles. The number of rotatable bonds is 7. The van der Waals surface area contributed by atoms with Crippen LogP contribution in [-0.2, 0) is 16.1 Å². The highest BCUT2D eigenvalue weighted by molar-refractivity contribution is 9.10. The minimum atomic E-state index is -0.531. The van der Waals surface area contributed by atoms with Crippen LogP contribution in [-0.4, -0.2) is 44.7 Å². The van der Waals surface area contributed by atoms with E-state index in [1.54, 1.807) is 45.4 Å². The first kappa shape index (κ1) is 19.8. The molecule has 0 atom stereocenters. The standard InChI is InChI=1S/C18H20BrNO6/c1-11-5-15(19)26-17(11)18(22)20(10-16(21)25-4)9-12-6-13(23-2)8-14(7-12)24-3/h5-8H,9-10H2,1-4H3. The summed E-state index contributed by atoms with van der Waals surface area (Å²) in [6.45, 7) is 1.69. The average Bonchev–Trinajstić information content (AvgIpc) is 2.98. The fourth-order valence-corrected chi connectivity index (χ4v) is 2.90. The normalized spacial score (nSPS) is 10.3. The molecule has 0 radical (unpaired) electrons. The quantitative estimate of drug-likeness (QED) is 0.633. The second-order valence-electron chi connectivity index (χ2n) is 5.52. The van der Waals surface area contributed by atoms with E-state index in [9.17, 15) is 9.59 Å². The molecule has 0 N–H and O–H groups in total. The molecule has 26 heavy (non-hydrogen) atoms. The summed E-state index contributed by atoms with van der Waals surface area (Å²) in [4.78, 5) is 26.0. The van der Waals surface area contributed by atoms with Gasteiger partial charge in [-0.05, 0) is 46.6 Å². The van der Waals surface area contributed by atoms with Crippen LogP contribution < -0.4 is 9.47 Å². The van der Waals surface area contributed by atoms with E-state index in [1.807, 2.05) is 0 Å². The maximum atomic E-state index is 12.9. The summed E-state index contributed by atoms with van der Waals surface area (Å²) >= 11 is 3.21. The third kappa shape index (κ3) is 4.78. The van der Waals surface area contributed by atoms with E-state index < -0.39 is 11.9 Å². The minimum Gasteiger partial charge on any atom is -0.497 e. The smallest absolute Gasteiger partial charge is 0.325 e. The Hall–Kier alpha value is -2.48. The van der Waals surface area contributed by atoms with Crippen LogP contribution in [0.3, 0.4) is 0 Å². The van der Waals surface area contributed by atoms with Crippen molar-refractivity contribution < 1.29 is 28.2 Å². The number of hydrogen-bond acceptors (Lipinski definition) is 6. The molecule has 140 valence electrons. The lowest BCUT2D eigenvalue weighted by Crippen LogP contribution is -2.35. The molecule has 7 nitrogen and oxygen atoms in total. The van der Waals surface area contributed by atoms with Gasteiger partial charge in [0.25, 0.3) is 5.91 Å². The summed E-state index contributed by atoms with van der Waals surface area (Å²) in [6.07, 6.45) is 0. The van der Waals surface area contributed by atoms with Crippen molar-refractivity contribution in [2.75, 3.05) is 27.9 Å². The number of hydrogen-bond donors (Lipinski definition) is 0. The van der Waals surface area contributed by atoms with Gasteiger partial charge < -0.3 is 23.5 Å². The number of carbonyl (C=O) groups excluding carboxylic acids is 2. The van der Waals surface area contributed by atoms with Crippen molar-refractivity contribution in [2.24, 2.45) is 0 Å². The van der Waals surface area contributed by atoms with Crippen molar-refractivity contribution in [3.63, 3.8) is 0 Å². The number of carbonyl (C=O) groups is 2. The third-order valence-corrected chi connectivity index (χ3v) is 4.09. The maximum absolute atomic E-state index is 12.9. The van der Waals surface area contributed by atoms with E-state index in [-0.39, 0.29) is 18.8 Å². The highest BCUT2D eigenvalue weighted by Gasteiger charge is 2.25. The monoisotopic (exact) mass is 425 g/mol. The molecule has 1 amide bonds. The molecule has 0 aliphatic heterocycles. The molecule has 0 spiro atoms. The van der Waals surface area contributed by atoms with Gasteiger partial charge in [-0.1, -0.05) is 0 Å². The van der Waals surface area contributed by atoms with Crippen LogP contribution in [0.2, 0.25) is 0 Å². The number of methoxy groups -OCH3 is 3. The largest absolute Gasteiger partial charge is 0.497 e. The van der Waals surface area contributed by atoms with Crippen molar-refractivity contribution in [3.8, 4) is 11.5 Å². The number of benzene rings is 1. The minimum absolute atomic E-state index is 0.152. The molecule has 0 aliphatic carbocycles. The van der Waals surface area contributed by atoms with Gasteiger partial charge in [0.1, 0.15) is 18.0 Å². The zero-order valence-corrected chi connectivity index (χ0v) is 16.6. The molecule has 2 rings (SSSR count). The van der Waals surface area contributed by atoms with Crippen LogP contribution in [0.15, 0.2) is 33.4 Å². The molecule has 0 bridgehead atoms. The van der Waals surface area contributed by atoms with Gasteiger partial charge in [0, 0.05) is 18.2 Å². The molecule has 0 saturated carbocycles. The van der Waals surface area contributed by atoms with Crippen LogP contribution in [0, 0.1) is 6.92 Å². The molecule has 0 aliphatic rings. The van der Waals surface area contributed by atoms with Crippen molar-refractivity contribution in [3.05, 3.63) is 45.8 Å². The van der Waals surface area contributed by atoms with Gasteiger partial charge in [0.15, 0.2) is 10.4 Å². The van der Waals surface area contributed by atoms with Crippen molar-refractivity contribution in [1.82, 2.24) is 4.90 Å². The fourth-order valence-electron chi connectivity index (χ4n) is 2.40. The number of amides is 1. The van der Waals surface area contributed by atoms with Crippen LogP contribution >= 0.6 is 15.9 Å². The summed E-state index contributed by atoms with van der Waals surface area (Å²) in [7, 11) is 4.35. The van der Waals surface area contributed by atoms with Crippen LogP contribution in [0.25, 0.3) is 0 Å². The van der Waals surface area contributed by atoms with E-state index in [2.05, 4.69) is 15.9 Å². The van der Waals surface area contributed by atoms with Crippen molar-refractivity contribution in [2.45, 2.75) is 13.5 Å². The zero-order chi connectivity index (χ0) is 19.3. The Labute approximate surface area is 159 Å². The molecule has 8 heteroatoms. The lowest BCUT2D eigenvalue weighted by molar-refractivity contribution is -0.141. The summed E-state index contributed by atoms with van der Waals surface area (Å²) in [5.41, 5.74) is 1.40. The highest BCUT2D eigenvalue weighted by Crippen LogP contribution is 2.25. The predicted molar refractivity (Wildman–Crippen MR) is 97.4 cm³/mol. The first-order valence-corrected chi connectivity index (χ1v) is 8.51. The van der Waals surface area contributed by atoms with Crippen LogP contribution in [0.1, 0.15) is 21.7 Å². The third-order valence-electron chi connectivity index (χ3n) is 3.70. The van der Waals surface area contributed by atoms with E-state index in [0.717, 1.165) is 5.56 Å². The van der Waals surface area contributed by atoms with Crippen molar-refractivity contribution >= 4 is 27.8 Å². The Morgan fingerprint density at radius 1 is 1.08 bits per heavy atom. The number of halogens is 1. The molecule has 0 fully saturated rings. The summed E-state index contributed by atoms with van der Waals surface area (Å²) in [5.74, 6) is 0.385. The van der Waals surface area contributed by atoms with Crippen LogP contribution in [0.4, 0.5) is 0 Å². The van der Waals surface area contributed by atoms with Gasteiger partial charge >= 0.3 is 5.97 Å². The van der Waals surface area contributed by atoms with Crippen LogP contribution in [0.5, 0.6) is 11.5 Å². The Morgan fingerprint density at radius 2 is 1.69 bits per heavy atom. The molecular weight excluding hydrogens is 406 g/mol. The fraction of sp³-hybridized carbons (Fsp3) is 0.333. The summed E-state index contributed by atoms with van der Waals surface area (Å²) in [5, 5.41) is 0. The Balaban J connectivity index is 2.34. The number of esters is 1. The zero-order valence-electron chi connectivity index (χ0n) is 15.0. The molecule has 2 aromatic rings. The van der Waals surface area contributed by atoms with E-state index in [4.69, 9.17) is 18.6 Å². The number of nitrogens with zero attached hydrogens (tertiary/aromatic N) is 1. The number of ether oxygens (including phenoxy) is 3. The second-order valence-corrected chi connectivity index (χ2v) is 6.30. The molecule has 1 aromatic carbocycles. The van der Waals surface area contributed by atoms with Gasteiger partial charge in [0.2, 0.25) is 0 Å². The molecule has 0 saturated heterocycles. The van der Waals surface area contributed by atoms with Gasteiger partial charge in [0.05, 0.1) is 21.3 Å². The van der Waals surface area contributed by atoms with Gasteiger partial charge in [-0.3, -0.25) is 9.59 Å². The maximum Gasteiger partial charge on any atom is 0.325 e. The van der Waals surface area contributed by atoms with Crippen molar-refractivity contribution in [1.29, 1.82) is 0 Å². The van der Waals surface area contributed by atoms with E-state index in [1.165, 1.54) is 12.0 Å². The Kier molecular flexibility index (Phi) is 6.68. The Bertz CT molecular complexity index is 779. The SMILES string of the molecule is COC(=O)CN(Cc1cc(OC)cc(OC)c1)C(=O)c1oc(Br)cc1C. The first-order valence-electron chi connectivity index (χ1n) is 7.72. The summed E-state index contributed by atoms with van der Waals surface area (Å²) in [6, 6.07) is 6.96. The lowest BCUT2D eigenvalue weighted by Gasteiger charge is -2.21. The Morgan fingerprint density at radius 3 is 2.15 bits per heavy atom. The number of aryl methyl sites for hydroxylation is 1. The molecule has 1 aromatic heterocycles. The summed E-state index contributed by atoms with van der Waals surface area (Å²) < 4.78 is 21.1. The first-order chi connectivity index (χ1) is 12.4. The van der Waals surface area contributed by atoms with E-state index >= 15 is 0 Å². The highest BCUT2D eigenvalue weighted by atomic mass is 79.9. The molecule has 0 unspecified atom stereocenters. The van der Waals surface area contributed by atoms with Gasteiger partial charge in [-0.15, -0.1) is 0 Å². The molecular formula is C18H20BrNO6.